The van der Waals surface area contributed by atoms with Crippen molar-refractivity contribution < 1.29 is 18.7 Å². The molecular formula is C18H17ClFNO3. The molecule has 0 aliphatic rings. The number of nitrogens with zero attached hydrogens (tertiary/aromatic N) is 1. The zero-order valence-corrected chi connectivity index (χ0v) is 14.2. The van der Waals surface area contributed by atoms with Crippen LogP contribution in [0.15, 0.2) is 42.5 Å². The first-order valence-corrected chi connectivity index (χ1v) is 7.60. The molecule has 0 spiro atoms. The fraction of sp³-hybridized carbons (Fsp3) is 0.222. The molecule has 0 N–H and O–H groups in total. The number of hydrogen-bond acceptors (Lipinski definition) is 4. The van der Waals surface area contributed by atoms with Gasteiger partial charge in [0.1, 0.15) is 35.6 Å². The smallest absolute Gasteiger partial charge is 0.302 e. The molecule has 126 valence electrons. The monoisotopic (exact) mass is 349 g/mol. The second-order valence-electron chi connectivity index (χ2n) is 5.27. The van der Waals surface area contributed by atoms with Crippen LogP contribution in [0, 0.1) is 12.7 Å². The van der Waals surface area contributed by atoms with E-state index in [-0.39, 0.29) is 25.0 Å². The quantitative estimate of drug-likeness (QED) is 0.442. The molecule has 0 aliphatic carbocycles. The molecule has 0 atom stereocenters. The van der Waals surface area contributed by atoms with E-state index in [1.807, 2.05) is 6.92 Å². The van der Waals surface area contributed by atoms with Gasteiger partial charge in [-0.25, -0.2) is 9.37 Å². The molecule has 1 aromatic carbocycles. The van der Waals surface area contributed by atoms with Crippen LogP contribution in [0.4, 0.5) is 4.39 Å². The lowest BCUT2D eigenvalue weighted by atomic mass is 10.1. The van der Waals surface area contributed by atoms with Crippen LogP contribution in [0.3, 0.4) is 0 Å². The van der Waals surface area contributed by atoms with Crippen LogP contribution in [-0.4, -0.2) is 24.2 Å². The van der Waals surface area contributed by atoms with Gasteiger partial charge in [0.2, 0.25) is 0 Å². The van der Waals surface area contributed by atoms with E-state index in [0.717, 1.165) is 5.56 Å². The molecule has 4 nitrogen and oxygen atoms in total. The molecular weight excluding hydrogens is 333 g/mol. The first-order valence-electron chi connectivity index (χ1n) is 7.22. The maximum Gasteiger partial charge on any atom is 0.302 e. The molecule has 2 aromatic rings. The molecule has 0 saturated carbocycles. The normalized spacial score (nSPS) is 10.3. The van der Waals surface area contributed by atoms with Gasteiger partial charge in [-0.3, -0.25) is 4.79 Å². The Bertz CT molecular complexity index is 760. The number of rotatable bonds is 6. The second kappa shape index (κ2) is 7.93. The fourth-order valence-corrected chi connectivity index (χ4v) is 2.27. The molecule has 6 heteroatoms. The van der Waals surface area contributed by atoms with Crippen molar-refractivity contribution in [3.8, 4) is 17.0 Å². The number of carbonyl (C=O) groups excluding carboxylic acids is 1. The van der Waals surface area contributed by atoms with Crippen molar-refractivity contribution in [2.75, 3.05) is 13.2 Å². The van der Waals surface area contributed by atoms with E-state index in [4.69, 9.17) is 21.1 Å². The third kappa shape index (κ3) is 4.80. The number of benzene rings is 1. The van der Waals surface area contributed by atoms with Crippen molar-refractivity contribution in [1.82, 2.24) is 4.98 Å². The van der Waals surface area contributed by atoms with Crippen LogP contribution in [0.5, 0.6) is 5.75 Å². The Kier molecular flexibility index (Phi) is 5.93. The van der Waals surface area contributed by atoms with Crippen LogP contribution >= 0.6 is 11.6 Å². The number of esters is 1. The second-order valence-corrected chi connectivity index (χ2v) is 5.65. The highest BCUT2D eigenvalue weighted by atomic mass is 35.5. The molecule has 0 unspecified atom stereocenters. The van der Waals surface area contributed by atoms with E-state index in [1.165, 1.54) is 19.1 Å². The van der Waals surface area contributed by atoms with Gasteiger partial charge >= 0.3 is 5.97 Å². The maximum absolute atomic E-state index is 13.1. The Hall–Kier alpha value is -2.40. The van der Waals surface area contributed by atoms with Crippen LogP contribution in [0.2, 0.25) is 5.15 Å². The Labute approximate surface area is 144 Å². The summed E-state index contributed by atoms with van der Waals surface area (Å²) < 4.78 is 23.8. The van der Waals surface area contributed by atoms with Gasteiger partial charge in [0.15, 0.2) is 0 Å². The minimum Gasteiger partial charge on any atom is -0.487 e. The number of ether oxygens (including phenoxy) is 2. The van der Waals surface area contributed by atoms with E-state index in [0.29, 0.717) is 27.7 Å². The lowest BCUT2D eigenvalue weighted by Crippen LogP contribution is -2.10. The summed E-state index contributed by atoms with van der Waals surface area (Å²) in [5, 5.41) is 0.318. The molecule has 1 aromatic heterocycles. The average molecular weight is 350 g/mol. The van der Waals surface area contributed by atoms with Gasteiger partial charge in [0.05, 0.1) is 0 Å². The summed E-state index contributed by atoms with van der Waals surface area (Å²) in [7, 11) is 0. The molecule has 0 fully saturated rings. The van der Waals surface area contributed by atoms with Gasteiger partial charge in [0, 0.05) is 12.5 Å². The molecule has 24 heavy (non-hydrogen) atoms. The predicted octanol–water partition coefficient (Wildman–Crippen LogP) is 4.35. The van der Waals surface area contributed by atoms with Gasteiger partial charge in [-0.1, -0.05) is 18.2 Å². The van der Waals surface area contributed by atoms with Crippen molar-refractivity contribution in [3.63, 3.8) is 0 Å². The van der Waals surface area contributed by atoms with Gasteiger partial charge in [-0.2, -0.15) is 0 Å². The zero-order valence-electron chi connectivity index (χ0n) is 13.4. The fourth-order valence-electron chi connectivity index (χ4n) is 2.03. The maximum atomic E-state index is 13.1. The Morgan fingerprint density at radius 2 is 1.96 bits per heavy atom. The molecule has 1 heterocycles. The van der Waals surface area contributed by atoms with Crippen LogP contribution in [-0.2, 0) is 9.53 Å². The van der Waals surface area contributed by atoms with Crippen LogP contribution in [0.25, 0.3) is 11.3 Å². The third-order valence-electron chi connectivity index (χ3n) is 3.15. The molecule has 2 rings (SSSR count). The Morgan fingerprint density at radius 1 is 1.29 bits per heavy atom. The summed E-state index contributed by atoms with van der Waals surface area (Å²) >= 11 is 6.03. The van der Waals surface area contributed by atoms with Crippen LogP contribution in [0.1, 0.15) is 12.5 Å². The minimum absolute atomic E-state index is 0.0846. The van der Waals surface area contributed by atoms with E-state index >= 15 is 0 Å². The highest BCUT2D eigenvalue weighted by Gasteiger charge is 2.14. The number of carbonyl (C=O) groups is 1. The molecule has 0 saturated heterocycles. The predicted molar refractivity (Wildman–Crippen MR) is 90.6 cm³/mol. The lowest BCUT2D eigenvalue weighted by molar-refractivity contribution is -0.140. The number of pyridine rings is 1. The van der Waals surface area contributed by atoms with Crippen molar-refractivity contribution in [2.24, 2.45) is 0 Å². The molecule has 0 aliphatic heterocycles. The largest absolute Gasteiger partial charge is 0.487 e. The summed E-state index contributed by atoms with van der Waals surface area (Å²) in [6.07, 6.45) is 0. The van der Waals surface area contributed by atoms with E-state index in [9.17, 15) is 9.18 Å². The van der Waals surface area contributed by atoms with Crippen molar-refractivity contribution in [2.45, 2.75) is 13.8 Å². The van der Waals surface area contributed by atoms with Crippen molar-refractivity contribution in [3.05, 3.63) is 59.0 Å². The first kappa shape index (κ1) is 17.9. The third-order valence-corrected chi connectivity index (χ3v) is 3.34. The number of aromatic nitrogens is 1. The van der Waals surface area contributed by atoms with E-state index < -0.39 is 0 Å². The topological polar surface area (TPSA) is 48.4 Å². The standard InChI is InChI=1S/C18H17ClFNO3/c1-11(9-23-13(3)22)10-24-18-12(2)8-16(19)21-17(18)14-4-6-15(20)7-5-14/h4-8H,1,9-10H2,2-3H3. The first-order chi connectivity index (χ1) is 11.4. The van der Waals surface area contributed by atoms with Gasteiger partial charge in [-0.05, 0) is 48.4 Å². The highest BCUT2D eigenvalue weighted by molar-refractivity contribution is 6.29. The molecule has 0 amide bonds. The Morgan fingerprint density at radius 3 is 2.58 bits per heavy atom. The van der Waals surface area contributed by atoms with Crippen molar-refractivity contribution >= 4 is 17.6 Å². The van der Waals surface area contributed by atoms with Crippen LogP contribution < -0.4 is 4.74 Å². The zero-order chi connectivity index (χ0) is 17.7. The number of hydrogen-bond donors (Lipinski definition) is 0. The van der Waals surface area contributed by atoms with Crippen molar-refractivity contribution in [1.29, 1.82) is 0 Å². The summed E-state index contributed by atoms with van der Waals surface area (Å²) in [4.78, 5) is 15.1. The van der Waals surface area contributed by atoms with Gasteiger partial charge in [0.25, 0.3) is 0 Å². The Balaban J connectivity index is 2.24. The summed E-state index contributed by atoms with van der Waals surface area (Å²) in [6, 6.07) is 7.58. The lowest BCUT2D eigenvalue weighted by Gasteiger charge is -2.15. The van der Waals surface area contributed by atoms with E-state index in [2.05, 4.69) is 11.6 Å². The van der Waals surface area contributed by atoms with Gasteiger partial charge < -0.3 is 9.47 Å². The van der Waals surface area contributed by atoms with E-state index in [1.54, 1.807) is 18.2 Å². The number of halogens is 2. The number of aryl methyl sites for hydroxylation is 1. The highest BCUT2D eigenvalue weighted by Crippen LogP contribution is 2.33. The molecule has 0 bridgehead atoms. The average Bonchev–Trinajstić information content (AvgIpc) is 2.52. The summed E-state index contributed by atoms with van der Waals surface area (Å²) in [5.41, 5.74) is 2.59. The SMILES string of the molecule is C=C(COC(C)=O)COc1c(C)cc(Cl)nc1-c1ccc(F)cc1. The minimum atomic E-state index is -0.382. The summed E-state index contributed by atoms with van der Waals surface area (Å²) in [6.45, 7) is 7.21. The molecule has 0 radical (unpaired) electrons. The summed E-state index contributed by atoms with van der Waals surface area (Å²) in [5.74, 6) is -0.197. The van der Waals surface area contributed by atoms with Gasteiger partial charge in [-0.15, -0.1) is 0 Å².